The molecule has 3 rings (SSSR count). The molecule has 0 radical (unpaired) electrons. The number of rotatable bonds is 8. The van der Waals surface area contributed by atoms with E-state index in [1.807, 2.05) is 32.9 Å². The van der Waals surface area contributed by atoms with Gasteiger partial charge in [0.2, 0.25) is 0 Å². The van der Waals surface area contributed by atoms with E-state index in [-0.39, 0.29) is 30.1 Å². The van der Waals surface area contributed by atoms with Crippen molar-refractivity contribution in [1.29, 1.82) is 0 Å². The topological polar surface area (TPSA) is 124 Å². The molecule has 9 heteroatoms. The molecule has 9 nitrogen and oxygen atoms in total. The van der Waals surface area contributed by atoms with Crippen LogP contribution in [0.1, 0.15) is 65.3 Å². The third kappa shape index (κ3) is 6.15. The maximum atomic E-state index is 13.2. The Bertz CT molecular complexity index is 1140. The lowest BCUT2D eigenvalue weighted by atomic mass is 9.89. The van der Waals surface area contributed by atoms with Gasteiger partial charge in [0.25, 0.3) is 11.5 Å². The fourth-order valence-electron chi connectivity index (χ4n) is 5.02. The Morgan fingerprint density at radius 1 is 1.14 bits per heavy atom. The normalized spacial score (nSPS) is 17.5. The van der Waals surface area contributed by atoms with Crippen molar-refractivity contribution >= 4 is 17.7 Å². The summed E-state index contributed by atoms with van der Waals surface area (Å²) >= 11 is 0. The van der Waals surface area contributed by atoms with Crippen LogP contribution in [-0.4, -0.2) is 47.8 Å². The largest absolute Gasteiger partial charge is 0.497 e. The van der Waals surface area contributed by atoms with Gasteiger partial charge in [0.15, 0.2) is 0 Å². The number of benzene rings is 1. The quantitative estimate of drug-likeness (QED) is 0.454. The number of hydrogen-bond donors (Lipinski definition) is 4. The van der Waals surface area contributed by atoms with Gasteiger partial charge in [0, 0.05) is 53.7 Å². The molecule has 1 aliphatic carbocycles. The molecule has 1 heterocycles. The predicted molar refractivity (Wildman–Crippen MR) is 136 cm³/mol. The molecule has 2 amide bonds. The summed E-state index contributed by atoms with van der Waals surface area (Å²) in [7, 11) is 1.57. The Labute approximate surface area is 205 Å². The zero-order valence-corrected chi connectivity index (χ0v) is 21.2. The SMILES string of the molecule is CCN(c1cc(OC)cc(C(=O)NCc2c(C)cc(C)[nH]c2=O)c1C)C1CCC(NC(=O)O)CC1. The first-order valence-corrected chi connectivity index (χ1v) is 12.1. The highest BCUT2D eigenvalue weighted by Gasteiger charge is 2.28. The summed E-state index contributed by atoms with van der Waals surface area (Å²) in [5, 5.41) is 14.5. The molecule has 1 fully saturated rings. The molecule has 190 valence electrons. The number of nitrogens with zero attached hydrogens (tertiary/aromatic N) is 1. The Morgan fingerprint density at radius 2 is 1.83 bits per heavy atom. The van der Waals surface area contributed by atoms with Crippen LogP contribution in [0.25, 0.3) is 0 Å². The van der Waals surface area contributed by atoms with Crippen LogP contribution in [0, 0.1) is 20.8 Å². The number of carboxylic acid groups (broad SMARTS) is 1. The minimum Gasteiger partial charge on any atom is -0.497 e. The van der Waals surface area contributed by atoms with Crippen LogP contribution in [0.15, 0.2) is 23.0 Å². The third-order valence-corrected chi connectivity index (χ3v) is 6.87. The van der Waals surface area contributed by atoms with Crippen molar-refractivity contribution < 1.29 is 19.4 Å². The minimum atomic E-state index is -0.983. The Kier molecular flexibility index (Phi) is 8.43. The average molecular weight is 485 g/mol. The van der Waals surface area contributed by atoms with Gasteiger partial charge in [0.1, 0.15) is 5.75 Å². The van der Waals surface area contributed by atoms with E-state index >= 15 is 0 Å². The molecule has 0 bridgehead atoms. The number of aromatic nitrogens is 1. The number of nitrogens with one attached hydrogen (secondary N) is 3. The van der Waals surface area contributed by atoms with Gasteiger partial charge in [-0.2, -0.15) is 0 Å². The van der Waals surface area contributed by atoms with Crippen LogP contribution in [0.4, 0.5) is 10.5 Å². The van der Waals surface area contributed by atoms with E-state index in [0.29, 0.717) is 16.9 Å². The number of aryl methyl sites for hydroxylation is 2. The number of methoxy groups -OCH3 is 1. The first-order valence-electron chi connectivity index (χ1n) is 12.1. The number of anilines is 1. The molecule has 0 aliphatic heterocycles. The number of pyridine rings is 1. The highest BCUT2D eigenvalue weighted by Crippen LogP contribution is 2.34. The second-order valence-electron chi connectivity index (χ2n) is 9.19. The lowest BCUT2D eigenvalue weighted by molar-refractivity contribution is 0.0949. The molecular weight excluding hydrogens is 448 g/mol. The molecule has 0 spiro atoms. The van der Waals surface area contributed by atoms with Crippen molar-refractivity contribution in [1.82, 2.24) is 15.6 Å². The molecule has 35 heavy (non-hydrogen) atoms. The summed E-state index contributed by atoms with van der Waals surface area (Å²) in [5.74, 6) is 0.312. The van der Waals surface area contributed by atoms with Crippen molar-refractivity contribution in [2.45, 2.75) is 72.0 Å². The molecule has 0 unspecified atom stereocenters. The molecule has 1 aromatic heterocycles. The second kappa shape index (κ2) is 11.3. The predicted octanol–water partition coefficient (Wildman–Crippen LogP) is 3.64. The van der Waals surface area contributed by atoms with Crippen LogP contribution >= 0.6 is 0 Å². The highest BCUT2D eigenvalue weighted by molar-refractivity contribution is 5.97. The van der Waals surface area contributed by atoms with E-state index in [0.717, 1.165) is 54.7 Å². The van der Waals surface area contributed by atoms with Gasteiger partial charge in [-0.15, -0.1) is 0 Å². The fourth-order valence-corrected chi connectivity index (χ4v) is 5.02. The molecule has 1 aliphatic rings. The summed E-state index contributed by atoms with van der Waals surface area (Å²) in [6.07, 6.45) is 2.27. The zero-order valence-electron chi connectivity index (χ0n) is 21.2. The third-order valence-electron chi connectivity index (χ3n) is 6.87. The maximum Gasteiger partial charge on any atom is 0.404 e. The molecule has 2 aromatic rings. The summed E-state index contributed by atoms with van der Waals surface area (Å²) in [5.41, 5.74) is 4.22. The van der Waals surface area contributed by atoms with Crippen LogP contribution < -0.4 is 25.8 Å². The summed E-state index contributed by atoms with van der Waals surface area (Å²) < 4.78 is 5.52. The van der Waals surface area contributed by atoms with E-state index in [1.165, 1.54) is 0 Å². The molecule has 1 aromatic carbocycles. The van der Waals surface area contributed by atoms with Gasteiger partial charge in [-0.25, -0.2) is 4.79 Å². The van der Waals surface area contributed by atoms with Crippen molar-refractivity contribution in [3.63, 3.8) is 0 Å². The van der Waals surface area contributed by atoms with E-state index < -0.39 is 6.09 Å². The fraction of sp³-hybridized carbons (Fsp3) is 0.500. The van der Waals surface area contributed by atoms with Gasteiger partial charge in [0.05, 0.1) is 7.11 Å². The van der Waals surface area contributed by atoms with E-state index in [2.05, 4.69) is 27.4 Å². The number of carbonyl (C=O) groups excluding carboxylic acids is 1. The monoisotopic (exact) mass is 484 g/mol. The first-order chi connectivity index (χ1) is 16.6. The van der Waals surface area contributed by atoms with Crippen LogP contribution in [0.5, 0.6) is 5.75 Å². The van der Waals surface area contributed by atoms with E-state index in [1.54, 1.807) is 13.2 Å². The molecule has 0 saturated heterocycles. The van der Waals surface area contributed by atoms with Gasteiger partial charge < -0.3 is 30.4 Å². The van der Waals surface area contributed by atoms with Crippen molar-refractivity contribution in [3.8, 4) is 5.75 Å². The lowest BCUT2D eigenvalue weighted by Crippen LogP contribution is -2.44. The van der Waals surface area contributed by atoms with Crippen molar-refractivity contribution in [3.05, 3.63) is 56.5 Å². The highest BCUT2D eigenvalue weighted by atomic mass is 16.5. The number of H-pyrrole nitrogens is 1. The molecule has 0 atom stereocenters. The number of carbonyl (C=O) groups is 2. The molecule has 4 N–H and O–H groups in total. The number of aromatic amines is 1. The van der Waals surface area contributed by atoms with Gasteiger partial charge in [-0.05, 0) is 76.6 Å². The summed E-state index contributed by atoms with van der Waals surface area (Å²) in [4.78, 5) is 41.6. The molecule has 1 saturated carbocycles. The minimum absolute atomic E-state index is 0.0245. The zero-order chi connectivity index (χ0) is 25.7. The summed E-state index contributed by atoms with van der Waals surface area (Å²) in [6, 6.07) is 5.77. The average Bonchev–Trinajstić information content (AvgIpc) is 2.80. The number of hydrogen-bond acceptors (Lipinski definition) is 5. The van der Waals surface area contributed by atoms with Gasteiger partial charge in [-0.1, -0.05) is 0 Å². The van der Waals surface area contributed by atoms with Crippen molar-refractivity contribution in [2.75, 3.05) is 18.6 Å². The van der Waals surface area contributed by atoms with Crippen LogP contribution in [0.3, 0.4) is 0 Å². The molecular formula is C26H36N4O5. The first kappa shape index (κ1) is 26.1. The second-order valence-corrected chi connectivity index (χ2v) is 9.19. The van der Waals surface area contributed by atoms with Gasteiger partial charge in [-0.3, -0.25) is 9.59 Å². The van der Waals surface area contributed by atoms with Crippen LogP contribution in [0.2, 0.25) is 0 Å². The summed E-state index contributed by atoms with van der Waals surface area (Å²) in [6.45, 7) is 8.56. The maximum absolute atomic E-state index is 13.2. The lowest BCUT2D eigenvalue weighted by Gasteiger charge is -2.39. The smallest absolute Gasteiger partial charge is 0.404 e. The standard InChI is InChI=1S/C26H36N4O5/c1-6-30(19-9-7-18(8-10-19)29-26(33)34)23-13-20(35-5)12-21(17(23)4)24(31)27-14-22-15(2)11-16(3)28-25(22)32/h11-13,18-19,29H,6-10,14H2,1-5H3,(H,27,31)(H,28,32)(H,33,34). The van der Waals surface area contributed by atoms with Crippen molar-refractivity contribution in [2.24, 2.45) is 0 Å². The van der Waals surface area contributed by atoms with E-state index in [9.17, 15) is 14.4 Å². The Hall–Kier alpha value is -3.49. The number of amides is 2. The Balaban J connectivity index is 1.83. The Morgan fingerprint density at radius 3 is 2.40 bits per heavy atom. The van der Waals surface area contributed by atoms with E-state index in [4.69, 9.17) is 9.84 Å². The number of ether oxygens (including phenoxy) is 1. The van der Waals surface area contributed by atoms with Gasteiger partial charge >= 0.3 is 6.09 Å². The van der Waals surface area contributed by atoms with Crippen LogP contribution in [-0.2, 0) is 6.54 Å².